The first-order chi connectivity index (χ1) is 12.9. The second kappa shape index (κ2) is 7.78. The molecule has 3 rings (SSSR count). The number of pyridine rings is 1. The molecule has 0 spiro atoms. The van der Waals surface area contributed by atoms with E-state index in [4.69, 9.17) is 14.5 Å². The van der Waals surface area contributed by atoms with Crippen molar-refractivity contribution in [1.82, 2.24) is 4.98 Å². The fourth-order valence-corrected chi connectivity index (χ4v) is 3.08. The quantitative estimate of drug-likeness (QED) is 0.574. The van der Waals surface area contributed by atoms with Crippen molar-refractivity contribution >= 4 is 16.9 Å². The van der Waals surface area contributed by atoms with Gasteiger partial charge in [-0.05, 0) is 61.7 Å². The average molecular weight is 363 g/mol. The van der Waals surface area contributed by atoms with Gasteiger partial charge < -0.3 is 9.47 Å². The van der Waals surface area contributed by atoms with Gasteiger partial charge in [-0.15, -0.1) is 0 Å². The lowest BCUT2D eigenvalue weighted by Crippen LogP contribution is -2.11. The predicted molar refractivity (Wildman–Crippen MR) is 108 cm³/mol. The van der Waals surface area contributed by atoms with Gasteiger partial charge in [-0.25, -0.2) is 9.78 Å². The van der Waals surface area contributed by atoms with Crippen LogP contribution in [0.5, 0.6) is 5.75 Å². The van der Waals surface area contributed by atoms with Gasteiger partial charge in [0.1, 0.15) is 5.75 Å². The third-order valence-electron chi connectivity index (χ3n) is 4.40. The van der Waals surface area contributed by atoms with Crippen LogP contribution in [0.2, 0.25) is 0 Å². The van der Waals surface area contributed by atoms with E-state index in [1.54, 1.807) is 7.11 Å². The Morgan fingerprint density at radius 1 is 1.07 bits per heavy atom. The van der Waals surface area contributed by atoms with Crippen molar-refractivity contribution < 1.29 is 14.3 Å². The summed E-state index contributed by atoms with van der Waals surface area (Å²) in [5.74, 6) is 0.755. The van der Waals surface area contributed by atoms with Crippen molar-refractivity contribution in [2.45, 2.75) is 27.7 Å². The molecule has 140 valence electrons. The van der Waals surface area contributed by atoms with Crippen LogP contribution < -0.4 is 4.74 Å². The highest BCUT2D eigenvalue weighted by molar-refractivity contribution is 6.05. The molecule has 27 heavy (non-hydrogen) atoms. The lowest BCUT2D eigenvalue weighted by molar-refractivity contribution is 0.0461. The number of carbonyl (C=O) groups excluding carboxylic acids is 1. The zero-order valence-electron chi connectivity index (χ0n) is 16.5. The number of aryl methyl sites for hydroxylation is 2. The summed E-state index contributed by atoms with van der Waals surface area (Å²) in [5, 5.41) is 0.832. The zero-order chi connectivity index (χ0) is 19.6. The summed E-state index contributed by atoms with van der Waals surface area (Å²) in [7, 11) is 1.64. The molecule has 4 nitrogen and oxygen atoms in total. The van der Waals surface area contributed by atoms with Crippen LogP contribution >= 0.6 is 0 Å². The zero-order valence-corrected chi connectivity index (χ0v) is 16.5. The van der Waals surface area contributed by atoms with Crippen LogP contribution in [-0.2, 0) is 4.74 Å². The smallest absolute Gasteiger partial charge is 0.338 e. The molecule has 0 saturated heterocycles. The van der Waals surface area contributed by atoms with E-state index in [1.165, 1.54) is 0 Å². The SMILES string of the molecule is COc1ccc(-c2cc(C(=O)OCC(C)C)c3cc(C)cc(C)c3n2)cc1. The number of benzene rings is 2. The van der Waals surface area contributed by atoms with Crippen molar-refractivity contribution in [2.75, 3.05) is 13.7 Å². The molecule has 2 aromatic carbocycles. The molecule has 1 aromatic heterocycles. The molecule has 0 saturated carbocycles. The topological polar surface area (TPSA) is 48.4 Å². The summed E-state index contributed by atoms with van der Waals surface area (Å²) in [6.45, 7) is 8.48. The second-order valence-corrected chi connectivity index (χ2v) is 7.25. The molecule has 0 N–H and O–H groups in total. The van der Waals surface area contributed by atoms with Gasteiger partial charge in [-0.3, -0.25) is 0 Å². The van der Waals surface area contributed by atoms with Gasteiger partial charge in [-0.1, -0.05) is 25.5 Å². The van der Waals surface area contributed by atoms with Crippen LogP contribution in [0, 0.1) is 19.8 Å². The van der Waals surface area contributed by atoms with E-state index in [0.717, 1.165) is 39.0 Å². The standard InChI is InChI=1S/C23H25NO3/c1-14(2)13-27-23(25)20-12-21(17-6-8-18(26-5)9-7-17)24-22-16(4)10-15(3)11-19(20)22/h6-12,14H,13H2,1-5H3. The number of esters is 1. The predicted octanol–water partition coefficient (Wildman–Crippen LogP) is 5.34. The number of aromatic nitrogens is 1. The Balaban J connectivity index is 2.16. The average Bonchev–Trinajstić information content (AvgIpc) is 2.65. The van der Waals surface area contributed by atoms with Gasteiger partial charge in [0.25, 0.3) is 0 Å². The molecular formula is C23H25NO3. The maximum Gasteiger partial charge on any atom is 0.338 e. The molecule has 0 aliphatic heterocycles. The highest BCUT2D eigenvalue weighted by Crippen LogP contribution is 2.29. The van der Waals surface area contributed by atoms with E-state index in [-0.39, 0.29) is 11.9 Å². The Morgan fingerprint density at radius 3 is 2.41 bits per heavy atom. The van der Waals surface area contributed by atoms with Crippen LogP contribution in [0.1, 0.15) is 35.3 Å². The number of fused-ring (bicyclic) bond motifs is 1. The summed E-state index contributed by atoms with van der Waals surface area (Å²) < 4.78 is 10.7. The van der Waals surface area contributed by atoms with Crippen molar-refractivity contribution in [3.8, 4) is 17.0 Å². The Kier molecular flexibility index (Phi) is 5.45. The van der Waals surface area contributed by atoms with Gasteiger partial charge >= 0.3 is 5.97 Å². The Hall–Kier alpha value is -2.88. The molecule has 0 amide bonds. The second-order valence-electron chi connectivity index (χ2n) is 7.25. The Morgan fingerprint density at radius 2 is 1.78 bits per heavy atom. The fraction of sp³-hybridized carbons (Fsp3) is 0.304. The molecule has 0 fully saturated rings. The molecule has 0 unspecified atom stereocenters. The van der Waals surface area contributed by atoms with Crippen LogP contribution in [0.4, 0.5) is 0 Å². The molecule has 1 heterocycles. The highest BCUT2D eigenvalue weighted by atomic mass is 16.5. The van der Waals surface area contributed by atoms with Crippen LogP contribution in [0.3, 0.4) is 0 Å². The summed E-state index contributed by atoms with van der Waals surface area (Å²) in [5.41, 5.74) is 5.18. The summed E-state index contributed by atoms with van der Waals surface area (Å²) in [6.07, 6.45) is 0. The minimum atomic E-state index is -0.309. The molecule has 0 radical (unpaired) electrons. The number of ether oxygens (including phenoxy) is 2. The third kappa shape index (κ3) is 4.11. The van der Waals surface area contributed by atoms with Gasteiger partial charge in [0.15, 0.2) is 0 Å². The van der Waals surface area contributed by atoms with Crippen molar-refractivity contribution in [2.24, 2.45) is 5.92 Å². The van der Waals surface area contributed by atoms with Crippen molar-refractivity contribution in [3.63, 3.8) is 0 Å². The molecule has 3 aromatic rings. The monoisotopic (exact) mass is 363 g/mol. The van der Waals surface area contributed by atoms with Crippen LogP contribution in [-0.4, -0.2) is 24.7 Å². The van der Waals surface area contributed by atoms with Crippen molar-refractivity contribution in [3.05, 3.63) is 59.2 Å². The minimum Gasteiger partial charge on any atom is -0.497 e. The molecule has 0 aliphatic carbocycles. The summed E-state index contributed by atoms with van der Waals surface area (Å²) in [6, 6.07) is 13.6. The van der Waals surface area contributed by atoms with Gasteiger partial charge in [0.05, 0.1) is 30.5 Å². The molecule has 0 bridgehead atoms. The third-order valence-corrected chi connectivity index (χ3v) is 4.40. The number of carbonyl (C=O) groups is 1. The summed E-state index contributed by atoms with van der Waals surface area (Å²) >= 11 is 0. The van der Waals surface area contributed by atoms with Gasteiger partial charge in [0.2, 0.25) is 0 Å². The maximum absolute atomic E-state index is 12.8. The number of hydrogen-bond donors (Lipinski definition) is 0. The van der Waals surface area contributed by atoms with E-state index in [9.17, 15) is 4.79 Å². The molecular weight excluding hydrogens is 338 g/mol. The number of nitrogens with zero attached hydrogens (tertiary/aromatic N) is 1. The molecule has 4 heteroatoms. The first kappa shape index (κ1) is 18.9. The van der Waals surface area contributed by atoms with E-state index in [1.807, 2.05) is 64.1 Å². The molecule has 0 aliphatic rings. The van der Waals surface area contributed by atoms with E-state index in [0.29, 0.717) is 12.2 Å². The number of hydrogen-bond acceptors (Lipinski definition) is 4. The lowest BCUT2D eigenvalue weighted by atomic mass is 10.00. The minimum absolute atomic E-state index is 0.284. The largest absolute Gasteiger partial charge is 0.497 e. The Labute approximate surface area is 160 Å². The number of rotatable bonds is 5. The van der Waals surface area contributed by atoms with Crippen molar-refractivity contribution in [1.29, 1.82) is 0 Å². The Bertz CT molecular complexity index is 975. The van der Waals surface area contributed by atoms with E-state index >= 15 is 0 Å². The van der Waals surface area contributed by atoms with E-state index in [2.05, 4.69) is 6.07 Å². The highest BCUT2D eigenvalue weighted by Gasteiger charge is 2.17. The van der Waals surface area contributed by atoms with Gasteiger partial charge in [0, 0.05) is 10.9 Å². The van der Waals surface area contributed by atoms with Gasteiger partial charge in [-0.2, -0.15) is 0 Å². The number of methoxy groups -OCH3 is 1. The maximum atomic E-state index is 12.8. The fourth-order valence-electron chi connectivity index (χ4n) is 3.08. The summed E-state index contributed by atoms with van der Waals surface area (Å²) in [4.78, 5) is 17.6. The van der Waals surface area contributed by atoms with Crippen LogP contribution in [0.15, 0.2) is 42.5 Å². The van der Waals surface area contributed by atoms with E-state index < -0.39 is 0 Å². The first-order valence-corrected chi connectivity index (χ1v) is 9.12. The first-order valence-electron chi connectivity index (χ1n) is 9.12. The normalized spacial score (nSPS) is 11.0. The molecule has 0 atom stereocenters. The lowest BCUT2D eigenvalue weighted by Gasteiger charge is -2.13. The van der Waals surface area contributed by atoms with Crippen LogP contribution in [0.25, 0.3) is 22.2 Å².